The van der Waals surface area contributed by atoms with Crippen molar-refractivity contribution in [3.63, 3.8) is 0 Å². The normalized spacial score (nSPS) is 14.0. The van der Waals surface area contributed by atoms with Crippen LogP contribution >= 0.6 is 0 Å². The van der Waals surface area contributed by atoms with Crippen molar-refractivity contribution >= 4 is 21.3 Å². The molecular weight excluding hydrogens is 350 g/mol. The van der Waals surface area contributed by atoms with Gasteiger partial charge in [0.1, 0.15) is 29.8 Å². The smallest absolute Gasteiger partial charge is 0.242 e. The third-order valence-electron chi connectivity index (χ3n) is 3.28. The van der Waals surface area contributed by atoms with Gasteiger partial charge in [-0.25, -0.2) is 13.1 Å². The van der Waals surface area contributed by atoms with Crippen molar-refractivity contribution in [2.75, 3.05) is 25.6 Å². The van der Waals surface area contributed by atoms with Crippen LogP contribution in [-0.4, -0.2) is 49.3 Å². The average molecular weight is 363 g/mol. The summed E-state index contributed by atoms with van der Waals surface area (Å²) >= 11 is 0. The summed E-state index contributed by atoms with van der Waals surface area (Å²) < 4.78 is 37.7. The molecule has 0 spiro atoms. The van der Waals surface area contributed by atoms with Gasteiger partial charge in [-0.05, 0) is 12.3 Å². The van der Waals surface area contributed by atoms with Gasteiger partial charge in [0.15, 0.2) is 11.5 Å². The lowest BCUT2D eigenvalue weighted by Gasteiger charge is -2.21. The van der Waals surface area contributed by atoms with Crippen LogP contribution in [0.1, 0.15) is 5.82 Å². The first-order valence-electron chi connectivity index (χ1n) is 7.03. The van der Waals surface area contributed by atoms with Crippen molar-refractivity contribution in [3.05, 3.63) is 24.2 Å². The highest BCUT2D eigenvalue weighted by molar-refractivity contribution is 7.89. The Labute approximate surface area is 142 Å². The number of hydrogen-bond donors (Lipinski definition) is 3. The zero-order chi connectivity index (χ0) is 17.9. The number of hydrogen-bond acceptors (Lipinski definition) is 9. The number of benzene rings is 1. The molecule has 2 heterocycles. The molecule has 0 saturated heterocycles. The van der Waals surface area contributed by atoms with Crippen LogP contribution < -0.4 is 19.5 Å². The number of anilines is 1. The highest BCUT2D eigenvalue weighted by atomic mass is 32.2. The second-order valence-corrected chi connectivity index (χ2v) is 6.60. The standard InChI is InChI=1S/C13H13N7O4S/c1-15-25(21,22)12-5-11-10(23-2-3-24-11)4-9(12)16-7-8(6-14)13-17-19-20-18-13/h4-5,7,15-16H,2-3H2,1H3,(H,17,18,19,20). The molecule has 0 amide bonds. The number of ether oxygens (including phenoxy) is 2. The van der Waals surface area contributed by atoms with E-state index in [2.05, 4.69) is 30.7 Å². The van der Waals surface area contributed by atoms with E-state index >= 15 is 0 Å². The summed E-state index contributed by atoms with van der Waals surface area (Å²) in [5, 5.41) is 25.0. The van der Waals surface area contributed by atoms with Crippen molar-refractivity contribution in [1.29, 1.82) is 5.26 Å². The number of sulfonamides is 1. The van der Waals surface area contributed by atoms with Gasteiger partial charge < -0.3 is 14.8 Å². The Bertz CT molecular complexity index is 947. The SMILES string of the molecule is CNS(=O)(=O)c1cc2c(cc1NC=C(C#N)c1nn[nH]n1)OCCO2. The van der Waals surface area contributed by atoms with E-state index in [1.807, 2.05) is 6.07 Å². The number of H-pyrrole nitrogens is 1. The van der Waals surface area contributed by atoms with Crippen molar-refractivity contribution in [2.24, 2.45) is 0 Å². The minimum Gasteiger partial charge on any atom is -0.486 e. The molecule has 1 aliphatic rings. The monoisotopic (exact) mass is 363 g/mol. The number of rotatable bonds is 5. The van der Waals surface area contributed by atoms with E-state index in [1.165, 1.54) is 25.4 Å². The quantitative estimate of drug-likeness (QED) is 0.615. The molecule has 0 saturated carbocycles. The van der Waals surface area contributed by atoms with Gasteiger partial charge in [0.2, 0.25) is 15.8 Å². The number of aromatic nitrogens is 4. The van der Waals surface area contributed by atoms with Gasteiger partial charge in [-0.3, -0.25) is 0 Å². The van der Waals surface area contributed by atoms with Crippen LogP contribution in [0.15, 0.2) is 23.2 Å². The highest BCUT2D eigenvalue weighted by Crippen LogP contribution is 2.37. The molecule has 0 bridgehead atoms. The van der Waals surface area contributed by atoms with Crippen LogP contribution in [0, 0.1) is 11.3 Å². The molecule has 3 rings (SSSR count). The fraction of sp³-hybridized carbons (Fsp3) is 0.231. The second kappa shape index (κ2) is 6.75. The van der Waals surface area contributed by atoms with Crippen LogP contribution in [0.4, 0.5) is 5.69 Å². The third kappa shape index (κ3) is 3.37. The number of tetrazole rings is 1. The summed E-state index contributed by atoms with van der Waals surface area (Å²) in [6.45, 7) is 0.682. The summed E-state index contributed by atoms with van der Waals surface area (Å²) in [6.07, 6.45) is 1.28. The van der Waals surface area contributed by atoms with Gasteiger partial charge in [-0.2, -0.15) is 10.5 Å². The first kappa shape index (κ1) is 16.7. The molecule has 0 fully saturated rings. The fourth-order valence-electron chi connectivity index (χ4n) is 2.09. The Morgan fingerprint density at radius 3 is 2.68 bits per heavy atom. The summed E-state index contributed by atoms with van der Waals surface area (Å²) in [4.78, 5) is -0.0547. The summed E-state index contributed by atoms with van der Waals surface area (Å²) in [6, 6.07) is 4.75. The average Bonchev–Trinajstić information content (AvgIpc) is 3.16. The zero-order valence-corrected chi connectivity index (χ0v) is 13.8. The van der Waals surface area contributed by atoms with E-state index in [9.17, 15) is 13.7 Å². The van der Waals surface area contributed by atoms with Gasteiger partial charge in [0, 0.05) is 18.3 Å². The lowest BCUT2D eigenvalue weighted by atomic mass is 10.2. The molecule has 0 radical (unpaired) electrons. The third-order valence-corrected chi connectivity index (χ3v) is 4.74. The topological polar surface area (TPSA) is 155 Å². The molecule has 1 aromatic carbocycles. The Balaban J connectivity index is 2.04. The maximum atomic E-state index is 12.3. The largest absolute Gasteiger partial charge is 0.486 e. The maximum absolute atomic E-state index is 12.3. The van der Waals surface area contributed by atoms with Crippen LogP contribution in [0.2, 0.25) is 0 Å². The second-order valence-electron chi connectivity index (χ2n) is 4.75. The number of nitrogens with one attached hydrogen (secondary N) is 3. The van der Waals surface area contributed by atoms with Crippen molar-refractivity contribution < 1.29 is 17.9 Å². The molecule has 1 aliphatic heterocycles. The van der Waals surface area contributed by atoms with Crippen molar-refractivity contribution in [3.8, 4) is 17.6 Å². The molecule has 11 nitrogen and oxygen atoms in total. The lowest BCUT2D eigenvalue weighted by molar-refractivity contribution is 0.171. The van der Waals surface area contributed by atoms with Gasteiger partial charge >= 0.3 is 0 Å². The highest BCUT2D eigenvalue weighted by Gasteiger charge is 2.23. The first-order chi connectivity index (χ1) is 12.0. The van der Waals surface area contributed by atoms with Gasteiger partial charge in [0.05, 0.1) is 5.69 Å². The molecule has 25 heavy (non-hydrogen) atoms. The molecule has 2 aromatic rings. The van der Waals surface area contributed by atoms with Gasteiger partial charge in [-0.15, -0.1) is 10.2 Å². The van der Waals surface area contributed by atoms with E-state index in [-0.39, 0.29) is 22.0 Å². The minimum absolute atomic E-state index is 0.0547. The van der Waals surface area contributed by atoms with E-state index in [0.29, 0.717) is 24.7 Å². The lowest BCUT2D eigenvalue weighted by Crippen LogP contribution is -2.21. The van der Waals surface area contributed by atoms with E-state index in [4.69, 9.17) is 9.47 Å². The Morgan fingerprint density at radius 1 is 1.36 bits per heavy atom. The van der Waals surface area contributed by atoms with Crippen LogP contribution in [0.25, 0.3) is 5.57 Å². The molecule has 3 N–H and O–H groups in total. The van der Waals surface area contributed by atoms with E-state index in [1.54, 1.807) is 0 Å². The molecule has 0 unspecified atom stereocenters. The van der Waals surface area contributed by atoms with Gasteiger partial charge in [0.25, 0.3) is 0 Å². The Kier molecular flexibility index (Phi) is 4.50. The fourth-order valence-corrected chi connectivity index (χ4v) is 2.98. The molecule has 130 valence electrons. The number of allylic oxidation sites excluding steroid dienone is 1. The molecule has 0 aliphatic carbocycles. The predicted molar refractivity (Wildman–Crippen MR) is 85.1 cm³/mol. The predicted octanol–water partition coefficient (Wildman–Crippen LogP) is -0.144. The maximum Gasteiger partial charge on any atom is 0.242 e. The summed E-state index contributed by atoms with van der Waals surface area (Å²) in [5.41, 5.74) is 0.270. The van der Waals surface area contributed by atoms with Gasteiger partial charge in [-0.1, -0.05) is 0 Å². The zero-order valence-electron chi connectivity index (χ0n) is 13.0. The Hall–Kier alpha value is -3.17. The molecule has 0 atom stereocenters. The Morgan fingerprint density at radius 2 is 2.08 bits per heavy atom. The molecule has 1 aromatic heterocycles. The van der Waals surface area contributed by atoms with E-state index in [0.717, 1.165) is 0 Å². The van der Waals surface area contributed by atoms with Crippen molar-refractivity contribution in [1.82, 2.24) is 25.3 Å². The number of nitriles is 1. The molecular formula is C13H13N7O4S. The van der Waals surface area contributed by atoms with Crippen molar-refractivity contribution in [2.45, 2.75) is 4.90 Å². The first-order valence-corrected chi connectivity index (χ1v) is 8.51. The molecule has 12 heteroatoms. The minimum atomic E-state index is -3.78. The van der Waals surface area contributed by atoms with E-state index < -0.39 is 10.0 Å². The number of fused-ring (bicyclic) bond motifs is 1. The summed E-state index contributed by atoms with van der Waals surface area (Å²) in [7, 11) is -2.48. The van der Waals surface area contributed by atoms with Crippen LogP contribution in [0.5, 0.6) is 11.5 Å². The number of aromatic amines is 1. The van der Waals surface area contributed by atoms with Crippen LogP contribution in [0.3, 0.4) is 0 Å². The number of nitrogens with zero attached hydrogens (tertiary/aromatic N) is 4. The van der Waals surface area contributed by atoms with Crippen LogP contribution in [-0.2, 0) is 10.0 Å². The summed E-state index contributed by atoms with van der Waals surface area (Å²) in [5.74, 6) is 0.800.